The number of anilines is 1. The van der Waals surface area contributed by atoms with Gasteiger partial charge in [-0.1, -0.05) is 35.4 Å². The van der Waals surface area contributed by atoms with Crippen LogP contribution in [0.3, 0.4) is 0 Å². The lowest BCUT2D eigenvalue weighted by atomic mass is 9.98. The van der Waals surface area contributed by atoms with Gasteiger partial charge in [0.25, 0.3) is 11.7 Å². The van der Waals surface area contributed by atoms with E-state index in [-0.39, 0.29) is 11.3 Å². The van der Waals surface area contributed by atoms with Crippen LogP contribution in [0.25, 0.3) is 5.76 Å². The van der Waals surface area contributed by atoms with Crippen molar-refractivity contribution in [2.24, 2.45) is 0 Å². The molecule has 1 atom stereocenters. The maximum atomic E-state index is 13.2. The van der Waals surface area contributed by atoms with Gasteiger partial charge < -0.3 is 9.84 Å². The Morgan fingerprint density at radius 2 is 1.90 bits per heavy atom. The Balaban J connectivity index is 1.99. The number of thiophene rings is 1. The molecule has 3 aromatic rings. The zero-order valence-electron chi connectivity index (χ0n) is 17.2. The molecule has 1 fully saturated rings. The van der Waals surface area contributed by atoms with Crippen LogP contribution in [0.1, 0.15) is 27.6 Å². The van der Waals surface area contributed by atoms with Crippen molar-refractivity contribution in [3.8, 4) is 5.75 Å². The second-order valence-electron chi connectivity index (χ2n) is 7.27. The highest BCUT2D eigenvalue weighted by Crippen LogP contribution is 2.45. The summed E-state index contributed by atoms with van der Waals surface area (Å²) in [6, 6.07) is 13.4. The number of hydrogen-bond donors (Lipinski definition) is 1. The highest BCUT2D eigenvalue weighted by Gasteiger charge is 2.48. The van der Waals surface area contributed by atoms with Crippen LogP contribution in [0.15, 0.2) is 59.5 Å². The normalized spacial score (nSPS) is 17.9. The standard InChI is InChI=1S/C24H20ClNO4S/c1-13-9-10-18(30-3)15(12-13)22(27)20-21(19-8-5-11-31-19)26(24(29)23(20)28)17-7-4-6-16(25)14(17)2/h4-12,21,27H,1-3H3/b22-20-. The summed E-state index contributed by atoms with van der Waals surface area (Å²) in [5, 5.41) is 13.6. The fourth-order valence-electron chi connectivity index (χ4n) is 3.81. The molecule has 0 bridgehead atoms. The molecule has 7 heteroatoms. The minimum atomic E-state index is -0.776. The van der Waals surface area contributed by atoms with Crippen LogP contribution >= 0.6 is 22.9 Å². The van der Waals surface area contributed by atoms with E-state index in [1.54, 1.807) is 37.3 Å². The molecule has 1 N–H and O–H groups in total. The molecule has 1 amide bonds. The number of rotatable bonds is 4. The van der Waals surface area contributed by atoms with Gasteiger partial charge in [-0.2, -0.15) is 0 Å². The number of ether oxygens (including phenoxy) is 1. The van der Waals surface area contributed by atoms with Gasteiger partial charge in [-0.3, -0.25) is 14.5 Å². The number of carbonyl (C=O) groups is 2. The van der Waals surface area contributed by atoms with Crippen LogP contribution in [0.5, 0.6) is 5.75 Å². The van der Waals surface area contributed by atoms with Crippen LogP contribution in [0, 0.1) is 13.8 Å². The smallest absolute Gasteiger partial charge is 0.300 e. The Bertz CT molecular complexity index is 1220. The predicted molar refractivity (Wildman–Crippen MR) is 123 cm³/mol. The lowest BCUT2D eigenvalue weighted by Crippen LogP contribution is -2.29. The topological polar surface area (TPSA) is 66.8 Å². The highest BCUT2D eigenvalue weighted by molar-refractivity contribution is 7.10. The molecule has 5 nitrogen and oxygen atoms in total. The van der Waals surface area contributed by atoms with E-state index in [9.17, 15) is 14.7 Å². The van der Waals surface area contributed by atoms with Crippen molar-refractivity contribution >= 4 is 46.1 Å². The van der Waals surface area contributed by atoms with Gasteiger partial charge >= 0.3 is 0 Å². The van der Waals surface area contributed by atoms with Crippen LogP contribution in [-0.4, -0.2) is 23.9 Å². The van der Waals surface area contributed by atoms with E-state index < -0.39 is 17.7 Å². The monoisotopic (exact) mass is 453 g/mol. The second-order valence-corrected chi connectivity index (χ2v) is 8.66. The van der Waals surface area contributed by atoms with E-state index in [1.807, 2.05) is 30.5 Å². The van der Waals surface area contributed by atoms with E-state index >= 15 is 0 Å². The van der Waals surface area contributed by atoms with E-state index in [4.69, 9.17) is 16.3 Å². The SMILES string of the molecule is COc1ccc(C)cc1/C(O)=C1/C(=O)C(=O)N(c2cccc(Cl)c2C)C1c1cccs1. The summed E-state index contributed by atoms with van der Waals surface area (Å²) >= 11 is 7.71. The summed E-state index contributed by atoms with van der Waals surface area (Å²) in [5.41, 5.74) is 2.49. The summed E-state index contributed by atoms with van der Waals surface area (Å²) in [6.45, 7) is 3.67. The number of carbonyl (C=O) groups excluding carboxylic acids is 2. The molecule has 4 rings (SSSR count). The van der Waals surface area contributed by atoms with Crippen LogP contribution in [-0.2, 0) is 9.59 Å². The first-order valence-electron chi connectivity index (χ1n) is 9.59. The van der Waals surface area contributed by atoms with Crippen molar-refractivity contribution in [2.75, 3.05) is 12.0 Å². The summed E-state index contributed by atoms with van der Waals surface area (Å²) < 4.78 is 5.40. The molecular weight excluding hydrogens is 434 g/mol. The molecule has 0 radical (unpaired) electrons. The van der Waals surface area contributed by atoms with Crippen molar-refractivity contribution in [1.82, 2.24) is 0 Å². The summed E-state index contributed by atoms with van der Waals surface area (Å²) in [4.78, 5) is 28.6. The van der Waals surface area contributed by atoms with E-state index in [0.29, 0.717) is 27.6 Å². The third kappa shape index (κ3) is 3.52. The van der Waals surface area contributed by atoms with Gasteiger partial charge in [0.1, 0.15) is 17.6 Å². The first-order chi connectivity index (χ1) is 14.8. The van der Waals surface area contributed by atoms with Gasteiger partial charge in [-0.05, 0) is 55.1 Å². The number of amides is 1. The summed E-state index contributed by atoms with van der Waals surface area (Å²) in [6.07, 6.45) is 0. The Morgan fingerprint density at radius 1 is 1.13 bits per heavy atom. The molecule has 1 unspecified atom stereocenters. The summed E-state index contributed by atoms with van der Waals surface area (Å²) in [7, 11) is 1.49. The molecule has 158 valence electrons. The Labute approximate surface area is 189 Å². The lowest BCUT2D eigenvalue weighted by Gasteiger charge is -2.26. The third-order valence-electron chi connectivity index (χ3n) is 5.37. The van der Waals surface area contributed by atoms with Crippen LogP contribution < -0.4 is 9.64 Å². The Kier molecular flexibility index (Phi) is 5.60. The van der Waals surface area contributed by atoms with E-state index in [2.05, 4.69) is 0 Å². The van der Waals surface area contributed by atoms with Crippen LogP contribution in [0.2, 0.25) is 5.02 Å². The van der Waals surface area contributed by atoms with Gasteiger partial charge in [-0.15, -0.1) is 11.3 Å². The quantitative estimate of drug-likeness (QED) is 0.315. The molecular formula is C24H20ClNO4S. The minimum absolute atomic E-state index is 0.0238. The zero-order valence-corrected chi connectivity index (χ0v) is 18.8. The van der Waals surface area contributed by atoms with E-state index in [0.717, 1.165) is 10.4 Å². The molecule has 0 saturated carbocycles. The van der Waals surface area contributed by atoms with Crippen LogP contribution in [0.4, 0.5) is 5.69 Å². The minimum Gasteiger partial charge on any atom is -0.507 e. The lowest BCUT2D eigenvalue weighted by molar-refractivity contribution is -0.132. The molecule has 2 heterocycles. The molecule has 1 saturated heterocycles. The molecule has 0 spiro atoms. The maximum Gasteiger partial charge on any atom is 0.300 e. The van der Waals surface area contributed by atoms with Crippen molar-refractivity contribution in [3.63, 3.8) is 0 Å². The number of methoxy groups -OCH3 is 1. The maximum absolute atomic E-state index is 13.2. The number of hydrogen-bond acceptors (Lipinski definition) is 5. The molecule has 1 aliphatic heterocycles. The van der Waals surface area contributed by atoms with Crippen molar-refractivity contribution in [3.05, 3.63) is 86.1 Å². The average molecular weight is 454 g/mol. The van der Waals surface area contributed by atoms with Gasteiger partial charge in [0.05, 0.1) is 18.2 Å². The summed E-state index contributed by atoms with van der Waals surface area (Å²) in [5.74, 6) is -1.31. The number of Topliss-reactive ketones (excluding diaryl/α,β-unsaturated/α-hetero) is 1. The largest absolute Gasteiger partial charge is 0.507 e. The molecule has 31 heavy (non-hydrogen) atoms. The number of aliphatic hydroxyl groups excluding tert-OH is 1. The molecule has 0 aliphatic carbocycles. The Morgan fingerprint density at radius 3 is 2.58 bits per heavy atom. The van der Waals surface area contributed by atoms with Gasteiger partial charge in [0, 0.05) is 15.6 Å². The number of halogens is 1. The van der Waals surface area contributed by atoms with Crippen molar-refractivity contribution in [2.45, 2.75) is 19.9 Å². The van der Waals surface area contributed by atoms with Gasteiger partial charge in [0.2, 0.25) is 0 Å². The van der Waals surface area contributed by atoms with E-state index in [1.165, 1.54) is 23.3 Å². The molecule has 1 aliphatic rings. The molecule has 1 aromatic heterocycles. The second kappa shape index (κ2) is 8.21. The first-order valence-corrected chi connectivity index (χ1v) is 10.9. The number of benzene rings is 2. The molecule has 2 aromatic carbocycles. The van der Waals surface area contributed by atoms with Gasteiger partial charge in [-0.25, -0.2) is 0 Å². The average Bonchev–Trinajstić information content (AvgIpc) is 3.37. The highest BCUT2D eigenvalue weighted by atomic mass is 35.5. The predicted octanol–water partition coefficient (Wildman–Crippen LogP) is 5.65. The fourth-order valence-corrected chi connectivity index (χ4v) is 4.80. The first kappa shape index (κ1) is 21.2. The number of aliphatic hydroxyl groups is 1. The Hall–Kier alpha value is -3.09. The number of nitrogens with zero attached hydrogens (tertiary/aromatic N) is 1. The zero-order chi connectivity index (χ0) is 22.3. The number of ketones is 1. The third-order valence-corrected chi connectivity index (χ3v) is 6.70. The fraction of sp³-hybridized carbons (Fsp3) is 0.167. The van der Waals surface area contributed by atoms with Gasteiger partial charge in [0.15, 0.2) is 0 Å². The number of aryl methyl sites for hydroxylation is 1. The van der Waals surface area contributed by atoms with Crippen molar-refractivity contribution in [1.29, 1.82) is 0 Å². The van der Waals surface area contributed by atoms with Crippen molar-refractivity contribution < 1.29 is 19.4 Å².